The van der Waals surface area contributed by atoms with Gasteiger partial charge in [0.15, 0.2) is 0 Å². The van der Waals surface area contributed by atoms with Crippen molar-refractivity contribution in [2.24, 2.45) is 5.11 Å². The number of halogens is 1. The van der Waals surface area contributed by atoms with Crippen LogP contribution in [-0.2, 0) is 0 Å². The third kappa shape index (κ3) is 2.19. The lowest BCUT2D eigenvalue weighted by Crippen LogP contribution is -1.77. The van der Waals surface area contributed by atoms with Crippen LogP contribution in [0.2, 0.25) is 5.02 Å². The number of aromatic nitrogens is 1. The Kier molecular flexibility index (Phi) is 3.15. The summed E-state index contributed by atoms with van der Waals surface area (Å²) in [7, 11) is 0. The lowest BCUT2D eigenvalue weighted by atomic mass is 10.1. The minimum Gasteiger partial charge on any atom is -0.361 e. The summed E-state index contributed by atoms with van der Waals surface area (Å²) in [6, 6.07) is 5.85. The molecule has 2 rings (SSSR count). The molecule has 0 aliphatic heterocycles. The highest BCUT2D eigenvalue weighted by Crippen LogP contribution is 2.24. The van der Waals surface area contributed by atoms with Crippen molar-refractivity contribution >= 4 is 28.6 Å². The Morgan fingerprint density at radius 2 is 2.38 bits per heavy atom. The molecule has 0 aliphatic rings. The van der Waals surface area contributed by atoms with Crippen LogP contribution in [0.1, 0.15) is 5.56 Å². The highest BCUT2D eigenvalue weighted by Gasteiger charge is 2.00. The van der Waals surface area contributed by atoms with Gasteiger partial charge in [0, 0.05) is 33.6 Å². The molecule has 0 radical (unpaired) electrons. The number of hydrogen-bond donors (Lipinski definition) is 1. The first kappa shape index (κ1) is 10.6. The summed E-state index contributed by atoms with van der Waals surface area (Å²) in [4.78, 5) is 5.76. The number of hydrogen-bond acceptors (Lipinski definition) is 1. The quantitative estimate of drug-likeness (QED) is 0.470. The molecule has 0 spiro atoms. The molecular formula is C11H9ClN4. The zero-order valence-electron chi connectivity index (χ0n) is 8.39. The molecule has 1 heterocycles. The second-order valence-corrected chi connectivity index (χ2v) is 3.66. The van der Waals surface area contributed by atoms with Crippen LogP contribution in [0.3, 0.4) is 0 Å². The maximum atomic E-state index is 8.13. The summed E-state index contributed by atoms with van der Waals surface area (Å²) >= 11 is 6.10. The molecule has 1 aromatic heterocycles. The molecule has 2 aromatic rings. The lowest BCUT2D eigenvalue weighted by Gasteiger charge is -1.98. The van der Waals surface area contributed by atoms with Gasteiger partial charge in [-0.3, -0.25) is 0 Å². The molecule has 1 aromatic carbocycles. The van der Waals surface area contributed by atoms with E-state index in [2.05, 4.69) is 15.0 Å². The van der Waals surface area contributed by atoms with E-state index in [4.69, 9.17) is 17.1 Å². The Balaban J connectivity index is 2.32. The smallest absolute Gasteiger partial charge is 0.0499 e. The summed E-state index contributed by atoms with van der Waals surface area (Å²) in [6.45, 7) is 0.331. The van der Waals surface area contributed by atoms with Crippen LogP contribution in [0.25, 0.3) is 27.4 Å². The molecule has 16 heavy (non-hydrogen) atoms. The number of aromatic amines is 1. The van der Waals surface area contributed by atoms with E-state index in [1.165, 1.54) is 0 Å². The van der Waals surface area contributed by atoms with Crippen LogP contribution in [-0.4, -0.2) is 11.5 Å². The standard InChI is InChI=1S/C11H9ClN4/c12-10-7-11-9(3-5-14-11)6-8(10)2-1-4-15-16-13/h1-3,5-7,14H,4H2. The monoisotopic (exact) mass is 232 g/mol. The fourth-order valence-corrected chi connectivity index (χ4v) is 1.71. The van der Waals surface area contributed by atoms with Crippen molar-refractivity contribution in [3.05, 3.63) is 51.5 Å². The van der Waals surface area contributed by atoms with Gasteiger partial charge in [0.25, 0.3) is 0 Å². The van der Waals surface area contributed by atoms with Gasteiger partial charge in [-0.2, -0.15) is 0 Å². The Morgan fingerprint density at radius 3 is 3.19 bits per heavy atom. The molecule has 0 aliphatic carbocycles. The van der Waals surface area contributed by atoms with Crippen molar-refractivity contribution in [1.82, 2.24) is 4.98 Å². The van der Waals surface area contributed by atoms with E-state index in [9.17, 15) is 0 Å². The first-order valence-corrected chi connectivity index (χ1v) is 5.13. The minimum absolute atomic E-state index is 0.331. The second-order valence-electron chi connectivity index (χ2n) is 3.25. The largest absolute Gasteiger partial charge is 0.361 e. The number of H-pyrrole nitrogens is 1. The average molecular weight is 233 g/mol. The zero-order valence-corrected chi connectivity index (χ0v) is 9.15. The fraction of sp³-hybridized carbons (Fsp3) is 0.0909. The van der Waals surface area contributed by atoms with Gasteiger partial charge in [0.1, 0.15) is 0 Å². The van der Waals surface area contributed by atoms with E-state index in [0.717, 1.165) is 16.5 Å². The van der Waals surface area contributed by atoms with E-state index in [1.54, 1.807) is 6.08 Å². The van der Waals surface area contributed by atoms with Gasteiger partial charge in [-0.15, -0.1) is 0 Å². The zero-order chi connectivity index (χ0) is 11.4. The highest BCUT2D eigenvalue weighted by atomic mass is 35.5. The van der Waals surface area contributed by atoms with E-state index in [1.807, 2.05) is 30.5 Å². The van der Waals surface area contributed by atoms with E-state index < -0.39 is 0 Å². The van der Waals surface area contributed by atoms with Crippen LogP contribution in [0.15, 0.2) is 35.6 Å². The summed E-state index contributed by atoms with van der Waals surface area (Å²) in [5, 5.41) is 5.19. The molecule has 1 N–H and O–H groups in total. The molecule has 0 saturated heterocycles. The molecule has 80 valence electrons. The number of benzene rings is 1. The van der Waals surface area contributed by atoms with Crippen molar-refractivity contribution in [3.8, 4) is 0 Å². The number of nitrogens with zero attached hydrogens (tertiary/aromatic N) is 3. The van der Waals surface area contributed by atoms with Crippen molar-refractivity contribution in [2.45, 2.75) is 0 Å². The lowest BCUT2D eigenvalue weighted by molar-refractivity contribution is 1.22. The predicted molar refractivity (Wildman–Crippen MR) is 66.4 cm³/mol. The normalized spacial score (nSPS) is 10.8. The van der Waals surface area contributed by atoms with Gasteiger partial charge in [-0.05, 0) is 29.3 Å². The van der Waals surface area contributed by atoms with Gasteiger partial charge in [0.2, 0.25) is 0 Å². The summed E-state index contributed by atoms with van der Waals surface area (Å²) in [5.41, 5.74) is 10.1. The molecule has 4 nitrogen and oxygen atoms in total. The Bertz CT molecular complexity index is 579. The number of azide groups is 1. The van der Waals surface area contributed by atoms with Crippen LogP contribution >= 0.6 is 11.6 Å². The molecule has 0 amide bonds. The Morgan fingerprint density at radius 1 is 1.50 bits per heavy atom. The second kappa shape index (κ2) is 4.75. The topological polar surface area (TPSA) is 64.6 Å². The van der Waals surface area contributed by atoms with E-state index >= 15 is 0 Å². The molecule has 0 fully saturated rings. The molecule has 5 heteroatoms. The SMILES string of the molecule is [N-]=[N+]=NCC=Cc1cc2cc[nH]c2cc1Cl. The van der Waals surface area contributed by atoms with Crippen LogP contribution in [0.4, 0.5) is 0 Å². The maximum Gasteiger partial charge on any atom is 0.0499 e. The number of rotatable bonds is 3. The van der Waals surface area contributed by atoms with Crippen LogP contribution in [0.5, 0.6) is 0 Å². The van der Waals surface area contributed by atoms with Crippen molar-refractivity contribution in [1.29, 1.82) is 0 Å². The Hall–Kier alpha value is -1.90. The number of nitrogens with one attached hydrogen (secondary N) is 1. The minimum atomic E-state index is 0.331. The van der Waals surface area contributed by atoms with Gasteiger partial charge >= 0.3 is 0 Å². The highest BCUT2D eigenvalue weighted by molar-refractivity contribution is 6.32. The molecule has 0 saturated carbocycles. The van der Waals surface area contributed by atoms with Gasteiger partial charge < -0.3 is 4.98 Å². The molecule has 0 unspecified atom stereocenters. The van der Waals surface area contributed by atoms with Crippen molar-refractivity contribution in [3.63, 3.8) is 0 Å². The third-order valence-corrected chi connectivity index (χ3v) is 2.55. The van der Waals surface area contributed by atoms with E-state index in [-0.39, 0.29) is 0 Å². The predicted octanol–water partition coefficient (Wildman–Crippen LogP) is 4.14. The van der Waals surface area contributed by atoms with Gasteiger partial charge in [-0.25, -0.2) is 0 Å². The van der Waals surface area contributed by atoms with Gasteiger partial charge in [-0.1, -0.05) is 28.9 Å². The van der Waals surface area contributed by atoms with Crippen LogP contribution < -0.4 is 0 Å². The molecular weight excluding hydrogens is 224 g/mol. The summed E-state index contributed by atoms with van der Waals surface area (Å²) in [6.07, 6.45) is 5.50. The number of fused-ring (bicyclic) bond motifs is 1. The first-order chi connectivity index (χ1) is 7.81. The van der Waals surface area contributed by atoms with Crippen molar-refractivity contribution < 1.29 is 0 Å². The maximum absolute atomic E-state index is 8.13. The van der Waals surface area contributed by atoms with Gasteiger partial charge in [0.05, 0.1) is 0 Å². The average Bonchev–Trinajstić information content (AvgIpc) is 2.71. The van der Waals surface area contributed by atoms with Crippen molar-refractivity contribution in [2.75, 3.05) is 6.54 Å². The van der Waals surface area contributed by atoms with Crippen LogP contribution in [0, 0.1) is 0 Å². The first-order valence-electron chi connectivity index (χ1n) is 4.75. The summed E-state index contributed by atoms with van der Waals surface area (Å²) in [5.74, 6) is 0. The third-order valence-electron chi connectivity index (χ3n) is 2.22. The van der Waals surface area contributed by atoms with E-state index in [0.29, 0.717) is 11.6 Å². The fourth-order valence-electron chi connectivity index (χ4n) is 1.48. The molecule has 0 bridgehead atoms. The summed E-state index contributed by atoms with van der Waals surface area (Å²) < 4.78 is 0. The Labute approximate surface area is 97.2 Å². The molecule has 0 atom stereocenters.